The van der Waals surface area contributed by atoms with Crippen LogP contribution in [0, 0.1) is 5.92 Å². The van der Waals surface area contributed by atoms with Crippen LogP contribution in [0.4, 0.5) is 0 Å². The minimum Gasteiger partial charge on any atom is -0.451 e. The first-order chi connectivity index (χ1) is 12.4. The van der Waals surface area contributed by atoms with E-state index in [1.54, 1.807) is 18.2 Å². The first kappa shape index (κ1) is 18.9. The van der Waals surface area contributed by atoms with Gasteiger partial charge in [0, 0.05) is 28.2 Å². The van der Waals surface area contributed by atoms with Gasteiger partial charge in [0.05, 0.1) is 10.9 Å². The standard InChI is InChI=1S/C17H16Cl2N2O4S/c18-10-3-4-11-12(6-10)26-15(14(11)19)17(24)25-8-13(22)21-5-1-2-9(7-21)16(20)23/h3-4,6,9H,1-2,5,7-8H2,(H2,20,23)/t9-/m0/s1. The number of amides is 2. The van der Waals surface area contributed by atoms with Crippen LogP contribution in [0.1, 0.15) is 22.5 Å². The Morgan fingerprint density at radius 3 is 2.81 bits per heavy atom. The molecule has 2 N–H and O–H groups in total. The van der Waals surface area contributed by atoms with Gasteiger partial charge in [-0.2, -0.15) is 0 Å². The smallest absolute Gasteiger partial charge is 0.350 e. The molecule has 1 saturated heterocycles. The SMILES string of the molecule is NC(=O)[C@H]1CCCN(C(=O)COC(=O)c2sc3cc(Cl)ccc3c2Cl)C1. The molecule has 138 valence electrons. The third kappa shape index (κ3) is 3.95. The van der Waals surface area contributed by atoms with Crippen molar-refractivity contribution in [1.82, 2.24) is 4.90 Å². The summed E-state index contributed by atoms with van der Waals surface area (Å²) in [5.74, 6) is -1.80. The average molecular weight is 415 g/mol. The van der Waals surface area contributed by atoms with Crippen molar-refractivity contribution in [1.29, 1.82) is 0 Å². The monoisotopic (exact) mass is 414 g/mol. The number of carbonyl (C=O) groups is 3. The van der Waals surface area contributed by atoms with Gasteiger partial charge < -0.3 is 15.4 Å². The summed E-state index contributed by atoms with van der Waals surface area (Å²) in [6, 6.07) is 5.13. The van der Waals surface area contributed by atoms with Crippen molar-refractivity contribution in [2.45, 2.75) is 12.8 Å². The van der Waals surface area contributed by atoms with Crippen molar-refractivity contribution < 1.29 is 19.1 Å². The van der Waals surface area contributed by atoms with Gasteiger partial charge in [-0.15, -0.1) is 11.3 Å². The summed E-state index contributed by atoms with van der Waals surface area (Å²) in [6.45, 7) is 0.367. The second-order valence-electron chi connectivity index (χ2n) is 6.04. The zero-order chi connectivity index (χ0) is 18.8. The first-order valence-corrected chi connectivity index (χ1v) is 9.56. The molecule has 2 heterocycles. The summed E-state index contributed by atoms with van der Waals surface area (Å²) in [5.41, 5.74) is 5.31. The maximum Gasteiger partial charge on any atom is 0.350 e. The average Bonchev–Trinajstić information content (AvgIpc) is 2.95. The van der Waals surface area contributed by atoms with E-state index >= 15 is 0 Å². The van der Waals surface area contributed by atoms with Gasteiger partial charge in [0.2, 0.25) is 5.91 Å². The van der Waals surface area contributed by atoms with Crippen LogP contribution in [0.25, 0.3) is 10.1 Å². The fourth-order valence-corrected chi connectivity index (χ4v) is 4.57. The Hall–Kier alpha value is -1.83. The van der Waals surface area contributed by atoms with E-state index in [2.05, 4.69) is 0 Å². The summed E-state index contributed by atoms with van der Waals surface area (Å²) < 4.78 is 5.89. The maximum atomic E-state index is 12.3. The molecular weight excluding hydrogens is 399 g/mol. The lowest BCUT2D eigenvalue weighted by atomic mass is 9.97. The van der Waals surface area contributed by atoms with Crippen molar-refractivity contribution in [3.8, 4) is 0 Å². The number of halogens is 2. The number of nitrogens with zero attached hydrogens (tertiary/aromatic N) is 1. The molecule has 1 atom stereocenters. The van der Waals surface area contributed by atoms with Crippen LogP contribution < -0.4 is 5.73 Å². The Bertz CT molecular complexity index is 883. The summed E-state index contributed by atoms with van der Waals surface area (Å²) in [4.78, 5) is 37.6. The number of benzene rings is 1. The predicted molar refractivity (Wildman–Crippen MR) is 101 cm³/mol. The van der Waals surface area contributed by atoms with Gasteiger partial charge in [0.15, 0.2) is 6.61 Å². The van der Waals surface area contributed by atoms with Crippen molar-refractivity contribution in [2.24, 2.45) is 11.7 Å². The van der Waals surface area contributed by atoms with Crippen LogP contribution >= 0.6 is 34.5 Å². The molecular formula is C17H16Cl2N2O4S. The highest BCUT2D eigenvalue weighted by molar-refractivity contribution is 7.21. The molecule has 1 aromatic heterocycles. The van der Waals surface area contributed by atoms with E-state index in [9.17, 15) is 14.4 Å². The second-order valence-corrected chi connectivity index (χ2v) is 7.91. The predicted octanol–water partition coefficient (Wildman–Crippen LogP) is 3.09. The van der Waals surface area contributed by atoms with Crippen LogP contribution in [0.5, 0.6) is 0 Å². The molecule has 6 nitrogen and oxygen atoms in total. The van der Waals surface area contributed by atoms with Crippen molar-refractivity contribution in [3.63, 3.8) is 0 Å². The van der Waals surface area contributed by atoms with E-state index in [0.717, 1.165) is 16.0 Å². The normalized spacial score (nSPS) is 17.3. The second kappa shape index (κ2) is 7.82. The number of esters is 1. The Morgan fingerprint density at radius 1 is 1.31 bits per heavy atom. The molecule has 1 aliphatic heterocycles. The van der Waals surface area contributed by atoms with E-state index < -0.39 is 18.5 Å². The van der Waals surface area contributed by atoms with Gasteiger partial charge in [0.1, 0.15) is 4.88 Å². The Balaban J connectivity index is 1.64. The Kier molecular flexibility index (Phi) is 5.70. The van der Waals surface area contributed by atoms with Gasteiger partial charge in [-0.3, -0.25) is 9.59 Å². The number of primary amides is 1. The van der Waals surface area contributed by atoms with Gasteiger partial charge in [0.25, 0.3) is 5.91 Å². The molecule has 9 heteroatoms. The van der Waals surface area contributed by atoms with E-state index in [1.807, 2.05) is 0 Å². The van der Waals surface area contributed by atoms with Crippen LogP contribution in [-0.2, 0) is 14.3 Å². The minimum absolute atomic E-state index is 0.227. The first-order valence-electron chi connectivity index (χ1n) is 7.98. The van der Waals surface area contributed by atoms with Gasteiger partial charge in [-0.25, -0.2) is 4.79 Å². The largest absolute Gasteiger partial charge is 0.451 e. The highest BCUT2D eigenvalue weighted by Crippen LogP contribution is 2.37. The van der Waals surface area contributed by atoms with E-state index in [0.29, 0.717) is 29.8 Å². The summed E-state index contributed by atoms with van der Waals surface area (Å²) in [7, 11) is 0. The summed E-state index contributed by atoms with van der Waals surface area (Å²) >= 11 is 13.3. The van der Waals surface area contributed by atoms with Gasteiger partial charge in [-0.1, -0.05) is 29.3 Å². The molecule has 0 bridgehead atoms. The molecule has 1 fully saturated rings. The van der Waals surface area contributed by atoms with Crippen LogP contribution in [-0.4, -0.2) is 42.4 Å². The number of hydrogen-bond donors (Lipinski definition) is 1. The third-order valence-corrected chi connectivity index (χ3v) is 6.15. The molecule has 0 aliphatic carbocycles. The molecule has 3 rings (SSSR count). The molecule has 0 unspecified atom stereocenters. The molecule has 0 spiro atoms. The molecule has 2 amide bonds. The molecule has 2 aromatic rings. The highest BCUT2D eigenvalue weighted by atomic mass is 35.5. The summed E-state index contributed by atoms with van der Waals surface area (Å²) in [5, 5.41) is 1.53. The fourth-order valence-electron chi connectivity index (χ4n) is 2.89. The zero-order valence-electron chi connectivity index (χ0n) is 13.7. The molecule has 0 saturated carbocycles. The number of carbonyl (C=O) groups excluding carboxylic acids is 3. The number of ether oxygens (including phenoxy) is 1. The van der Waals surface area contributed by atoms with Crippen molar-refractivity contribution >= 4 is 62.4 Å². The number of rotatable bonds is 4. The molecule has 26 heavy (non-hydrogen) atoms. The lowest BCUT2D eigenvalue weighted by Gasteiger charge is -2.30. The lowest BCUT2D eigenvalue weighted by Crippen LogP contribution is -2.45. The number of piperidine rings is 1. The highest BCUT2D eigenvalue weighted by Gasteiger charge is 2.28. The van der Waals surface area contributed by atoms with Crippen LogP contribution in [0.2, 0.25) is 10.0 Å². The Morgan fingerprint density at radius 2 is 2.08 bits per heavy atom. The van der Waals surface area contributed by atoms with E-state index in [4.69, 9.17) is 33.7 Å². The fraction of sp³-hybridized carbons (Fsp3) is 0.353. The van der Waals surface area contributed by atoms with Crippen molar-refractivity contribution in [2.75, 3.05) is 19.7 Å². The number of nitrogens with two attached hydrogens (primary N) is 1. The molecule has 0 radical (unpaired) electrons. The van der Waals surface area contributed by atoms with Crippen molar-refractivity contribution in [3.05, 3.63) is 33.1 Å². The third-order valence-electron chi connectivity index (χ3n) is 4.28. The lowest BCUT2D eigenvalue weighted by molar-refractivity contribution is -0.137. The Labute approximate surface area is 163 Å². The number of likely N-dealkylation sites (tertiary alicyclic amines) is 1. The summed E-state index contributed by atoms with van der Waals surface area (Å²) in [6.07, 6.45) is 1.36. The quantitative estimate of drug-likeness (QED) is 0.778. The zero-order valence-corrected chi connectivity index (χ0v) is 16.0. The van der Waals surface area contributed by atoms with Gasteiger partial charge >= 0.3 is 5.97 Å². The molecule has 1 aliphatic rings. The van der Waals surface area contributed by atoms with Gasteiger partial charge in [-0.05, 0) is 25.0 Å². The number of thiophene rings is 1. The van der Waals surface area contributed by atoms with E-state index in [-0.39, 0.29) is 28.3 Å². The number of hydrogen-bond acceptors (Lipinski definition) is 5. The number of fused-ring (bicyclic) bond motifs is 1. The minimum atomic E-state index is -0.663. The van der Waals surface area contributed by atoms with Crippen LogP contribution in [0.3, 0.4) is 0 Å². The maximum absolute atomic E-state index is 12.3. The van der Waals surface area contributed by atoms with Crippen LogP contribution in [0.15, 0.2) is 18.2 Å². The molecule has 1 aromatic carbocycles. The topological polar surface area (TPSA) is 89.7 Å². The van der Waals surface area contributed by atoms with E-state index in [1.165, 1.54) is 4.90 Å².